The lowest BCUT2D eigenvalue weighted by Gasteiger charge is -1.93. The summed E-state index contributed by atoms with van der Waals surface area (Å²) in [6, 6.07) is 0. The third-order valence-electron chi connectivity index (χ3n) is 1.08. The first-order valence-electron chi connectivity index (χ1n) is 2.86. The van der Waals surface area contributed by atoms with E-state index in [0.717, 1.165) is 0 Å². The van der Waals surface area contributed by atoms with Gasteiger partial charge in [0.25, 0.3) is 0 Å². The average Bonchev–Trinajstić information content (AvgIpc) is 2.05. The van der Waals surface area contributed by atoms with Crippen LogP contribution in [0.25, 0.3) is 5.57 Å². The maximum atomic E-state index is 5.49. The Morgan fingerprint density at radius 2 is 2.40 bits per heavy atom. The van der Waals surface area contributed by atoms with Crippen LogP contribution in [0.5, 0.6) is 0 Å². The molecule has 1 heterocycles. The second kappa shape index (κ2) is 2.92. The van der Waals surface area contributed by atoms with Crippen LogP contribution in [0.2, 0.25) is 0 Å². The van der Waals surface area contributed by atoms with Crippen LogP contribution in [-0.4, -0.2) is 9.97 Å². The van der Waals surface area contributed by atoms with Crippen LogP contribution in [0.15, 0.2) is 31.2 Å². The van der Waals surface area contributed by atoms with Gasteiger partial charge in [-0.2, -0.15) is 0 Å². The number of nitrogens with zero attached hydrogens (tertiary/aromatic N) is 2. The molecular formula is C8H7N2. The maximum Gasteiger partial charge on any atom is 0.0884 e. The Labute approximate surface area is 60.0 Å². The Balaban J connectivity index is 2.95. The van der Waals surface area contributed by atoms with Crippen molar-refractivity contribution in [2.75, 3.05) is 0 Å². The summed E-state index contributed by atoms with van der Waals surface area (Å²) in [5.74, 6) is 0. The highest BCUT2D eigenvalue weighted by Crippen LogP contribution is 2.05. The van der Waals surface area contributed by atoms with Crippen molar-refractivity contribution in [1.29, 1.82) is 0 Å². The molecule has 10 heavy (non-hydrogen) atoms. The fourth-order valence-electron chi connectivity index (χ4n) is 0.553. The van der Waals surface area contributed by atoms with Crippen LogP contribution in [0.1, 0.15) is 5.69 Å². The van der Waals surface area contributed by atoms with E-state index in [9.17, 15) is 0 Å². The lowest BCUT2D eigenvalue weighted by atomic mass is 10.2. The molecule has 0 aliphatic rings. The molecule has 0 spiro atoms. The SMILES string of the molecule is [CH]=C(C=C)c1cnccn1. The number of rotatable bonds is 2. The molecule has 1 aromatic heterocycles. The standard InChI is InChI=1S/C8H7N2/c1-3-7(2)8-6-9-4-5-10-8/h2-6H,1H2. The minimum atomic E-state index is 0.549. The van der Waals surface area contributed by atoms with Gasteiger partial charge in [-0.15, -0.1) is 0 Å². The number of hydrogen-bond donors (Lipinski definition) is 0. The summed E-state index contributed by atoms with van der Waals surface area (Å²) in [6.45, 7) is 9.00. The van der Waals surface area contributed by atoms with E-state index in [0.29, 0.717) is 11.3 Å². The highest BCUT2D eigenvalue weighted by atomic mass is 14.8. The molecule has 0 fully saturated rings. The Morgan fingerprint density at radius 1 is 1.60 bits per heavy atom. The summed E-state index contributed by atoms with van der Waals surface area (Å²) in [6.07, 6.45) is 6.33. The van der Waals surface area contributed by atoms with E-state index in [1.165, 1.54) is 0 Å². The smallest absolute Gasteiger partial charge is 0.0884 e. The zero-order valence-corrected chi connectivity index (χ0v) is 5.49. The minimum Gasteiger partial charge on any atom is -0.261 e. The molecule has 2 nitrogen and oxygen atoms in total. The molecule has 0 unspecified atom stereocenters. The molecule has 0 aromatic carbocycles. The Bertz CT molecular complexity index is 239. The van der Waals surface area contributed by atoms with Crippen LogP contribution in [0, 0.1) is 6.58 Å². The van der Waals surface area contributed by atoms with Crippen LogP contribution in [0.4, 0.5) is 0 Å². The van der Waals surface area contributed by atoms with E-state index in [1.54, 1.807) is 24.7 Å². The van der Waals surface area contributed by atoms with Crippen molar-refractivity contribution in [2.24, 2.45) is 0 Å². The minimum absolute atomic E-state index is 0.549. The third-order valence-corrected chi connectivity index (χ3v) is 1.08. The van der Waals surface area contributed by atoms with Crippen LogP contribution >= 0.6 is 0 Å². The zero-order valence-electron chi connectivity index (χ0n) is 5.49. The van der Waals surface area contributed by atoms with Gasteiger partial charge < -0.3 is 0 Å². The summed E-state index contributed by atoms with van der Waals surface area (Å²) in [4.78, 5) is 7.80. The van der Waals surface area contributed by atoms with Crippen LogP contribution in [-0.2, 0) is 0 Å². The van der Waals surface area contributed by atoms with Gasteiger partial charge in [-0.1, -0.05) is 19.2 Å². The molecule has 0 saturated heterocycles. The maximum absolute atomic E-state index is 5.49. The van der Waals surface area contributed by atoms with E-state index in [4.69, 9.17) is 6.58 Å². The first kappa shape index (κ1) is 6.68. The van der Waals surface area contributed by atoms with E-state index in [-0.39, 0.29) is 0 Å². The summed E-state index contributed by atoms with van der Waals surface area (Å²) >= 11 is 0. The molecule has 0 atom stereocenters. The molecule has 2 heteroatoms. The van der Waals surface area contributed by atoms with Crippen molar-refractivity contribution in [3.63, 3.8) is 0 Å². The quantitative estimate of drug-likeness (QED) is 0.568. The van der Waals surface area contributed by atoms with E-state index >= 15 is 0 Å². The van der Waals surface area contributed by atoms with Gasteiger partial charge in [-0.25, -0.2) is 0 Å². The molecule has 0 N–H and O–H groups in total. The molecule has 0 bridgehead atoms. The predicted molar refractivity (Wildman–Crippen MR) is 39.9 cm³/mol. The van der Waals surface area contributed by atoms with Crippen molar-refractivity contribution < 1.29 is 0 Å². The third kappa shape index (κ3) is 1.29. The first-order valence-corrected chi connectivity index (χ1v) is 2.86. The molecule has 1 radical (unpaired) electrons. The van der Waals surface area contributed by atoms with Gasteiger partial charge in [0.15, 0.2) is 0 Å². The van der Waals surface area contributed by atoms with Crippen molar-refractivity contribution in [3.8, 4) is 0 Å². The molecule has 0 aliphatic heterocycles. The average molecular weight is 131 g/mol. The second-order valence-electron chi connectivity index (χ2n) is 1.75. The molecule has 0 aliphatic carbocycles. The molecule has 1 rings (SSSR count). The molecule has 49 valence electrons. The molecule has 1 aromatic rings. The lowest BCUT2D eigenvalue weighted by Crippen LogP contribution is -1.84. The van der Waals surface area contributed by atoms with Gasteiger partial charge in [0.05, 0.1) is 11.9 Å². The fraction of sp³-hybridized carbons (Fsp3) is 0. The summed E-state index contributed by atoms with van der Waals surface area (Å²) in [5.41, 5.74) is 1.21. The van der Waals surface area contributed by atoms with Crippen molar-refractivity contribution in [2.45, 2.75) is 0 Å². The lowest BCUT2D eigenvalue weighted by molar-refractivity contribution is 1.17. The van der Waals surface area contributed by atoms with Gasteiger partial charge in [-0.05, 0) is 0 Å². The van der Waals surface area contributed by atoms with Gasteiger partial charge >= 0.3 is 0 Å². The molecular weight excluding hydrogens is 124 g/mol. The molecule has 0 amide bonds. The Hall–Kier alpha value is -1.44. The predicted octanol–water partition coefficient (Wildman–Crippen LogP) is 1.48. The van der Waals surface area contributed by atoms with Crippen LogP contribution in [0.3, 0.4) is 0 Å². The normalized spacial score (nSPS) is 8.80. The van der Waals surface area contributed by atoms with Crippen molar-refractivity contribution in [1.82, 2.24) is 9.97 Å². The summed E-state index contributed by atoms with van der Waals surface area (Å²) < 4.78 is 0. The topological polar surface area (TPSA) is 25.8 Å². The Morgan fingerprint density at radius 3 is 2.90 bits per heavy atom. The van der Waals surface area contributed by atoms with E-state index < -0.39 is 0 Å². The highest BCUT2D eigenvalue weighted by Gasteiger charge is 1.92. The van der Waals surface area contributed by atoms with Crippen molar-refractivity contribution in [3.05, 3.63) is 43.5 Å². The monoisotopic (exact) mass is 131 g/mol. The fourth-order valence-corrected chi connectivity index (χ4v) is 0.553. The van der Waals surface area contributed by atoms with Crippen molar-refractivity contribution >= 4 is 5.57 Å². The summed E-state index contributed by atoms with van der Waals surface area (Å²) in [5, 5.41) is 0. The van der Waals surface area contributed by atoms with E-state index in [1.807, 2.05) is 0 Å². The number of hydrogen-bond acceptors (Lipinski definition) is 2. The number of allylic oxidation sites excluding steroid dienone is 2. The first-order chi connectivity index (χ1) is 4.84. The van der Waals surface area contributed by atoms with Gasteiger partial charge in [-0.3, -0.25) is 9.97 Å². The largest absolute Gasteiger partial charge is 0.261 e. The van der Waals surface area contributed by atoms with Crippen LogP contribution < -0.4 is 0 Å². The van der Waals surface area contributed by atoms with Gasteiger partial charge in [0, 0.05) is 18.0 Å². The summed E-state index contributed by atoms with van der Waals surface area (Å²) in [7, 11) is 0. The van der Waals surface area contributed by atoms with Gasteiger partial charge in [0.2, 0.25) is 0 Å². The highest BCUT2D eigenvalue weighted by molar-refractivity contribution is 5.66. The van der Waals surface area contributed by atoms with Gasteiger partial charge in [0.1, 0.15) is 0 Å². The Kier molecular flexibility index (Phi) is 1.95. The molecule has 0 saturated carbocycles. The zero-order chi connectivity index (χ0) is 7.40. The number of aromatic nitrogens is 2. The second-order valence-corrected chi connectivity index (χ2v) is 1.75. The van der Waals surface area contributed by atoms with E-state index in [2.05, 4.69) is 16.5 Å².